The highest BCUT2D eigenvalue weighted by atomic mass is 32.2. The van der Waals surface area contributed by atoms with Crippen molar-refractivity contribution in [3.8, 4) is 5.75 Å². The number of aryl methyl sites for hydroxylation is 1. The van der Waals surface area contributed by atoms with Crippen molar-refractivity contribution in [3.63, 3.8) is 0 Å². The maximum atomic E-state index is 11.3. The summed E-state index contributed by atoms with van der Waals surface area (Å²) >= 11 is 1.42. The smallest absolute Gasteiger partial charge is 0.336 e. The second-order valence-electron chi connectivity index (χ2n) is 7.10. The number of ether oxygens (including phenoxy) is 1. The average molecular weight is 374 g/mol. The van der Waals surface area contributed by atoms with Crippen molar-refractivity contribution in [2.45, 2.75) is 44.4 Å². The molecule has 0 radical (unpaired) electrons. The fourth-order valence-corrected chi connectivity index (χ4v) is 3.19. The second-order valence-corrected chi connectivity index (χ2v) is 8.06. The summed E-state index contributed by atoms with van der Waals surface area (Å²) in [6, 6.07) is 13.7. The molecule has 0 bridgehead atoms. The Balaban J connectivity index is 1.79. The molecular formula is C21H27NO3S. The van der Waals surface area contributed by atoms with Crippen molar-refractivity contribution in [1.29, 1.82) is 0 Å². The summed E-state index contributed by atoms with van der Waals surface area (Å²) in [7, 11) is 0. The topological polar surface area (TPSA) is 58.6 Å². The van der Waals surface area contributed by atoms with Crippen molar-refractivity contribution in [2.24, 2.45) is 0 Å². The maximum Gasteiger partial charge on any atom is 0.336 e. The molecule has 0 aliphatic rings. The molecule has 0 spiro atoms. The van der Waals surface area contributed by atoms with E-state index in [1.54, 1.807) is 6.07 Å². The minimum atomic E-state index is -0.883. The number of aromatic carboxylic acids is 1. The van der Waals surface area contributed by atoms with E-state index in [0.717, 1.165) is 16.2 Å². The van der Waals surface area contributed by atoms with Crippen LogP contribution in [0.3, 0.4) is 0 Å². The van der Waals surface area contributed by atoms with Crippen molar-refractivity contribution in [1.82, 2.24) is 4.72 Å². The molecule has 0 saturated heterocycles. The summed E-state index contributed by atoms with van der Waals surface area (Å²) in [6.07, 6.45) is 0.710. The molecule has 26 heavy (non-hydrogen) atoms. The Bertz CT molecular complexity index is 736. The molecule has 0 fully saturated rings. The highest BCUT2D eigenvalue weighted by molar-refractivity contribution is 7.97. The van der Waals surface area contributed by atoms with Crippen LogP contribution < -0.4 is 9.46 Å². The molecule has 0 unspecified atom stereocenters. The average Bonchev–Trinajstić information content (AvgIpc) is 2.61. The number of hydrogen-bond donors (Lipinski definition) is 2. The number of benzene rings is 2. The third-order valence-corrected chi connectivity index (χ3v) is 4.91. The fourth-order valence-electron chi connectivity index (χ4n) is 2.52. The SMILES string of the molecule is CCc1ccc(SNCCOc2ccc(C(C)(C)C)cc2)cc1C(=O)O. The van der Waals surface area contributed by atoms with Gasteiger partial charge in [-0.2, -0.15) is 0 Å². The lowest BCUT2D eigenvalue weighted by molar-refractivity contribution is 0.0695. The Hall–Kier alpha value is -1.98. The first kappa shape index (κ1) is 20.3. The van der Waals surface area contributed by atoms with Crippen molar-refractivity contribution in [2.75, 3.05) is 13.2 Å². The zero-order valence-corrected chi connectivity index (χ0v) is 16.7. The van der Waals surface area contributed by atoms with Gasteiger partial charge in [0.2, 0.25) is 0 Å². The van der Waals surface area contributed by atoms with Crippen LogP contribution in [0.25, 0.3) is 0 Å². The molecular weight excluding hydrogens is 346 g/mol. The van der Waals surface area contributed by atoms with Crippen LogP contribution in [0.15, 0.2) is 47.4 Å². The molecule has 0 saturated carbocycles. The summed E-state index contributed by atoms with van der Waals surface area (Å²) in [5.41, 5.74) is 2.64. The fraction of sp³-hybridized carbons (Fsp3) is 0.381. The third kappa shape index (κ3) is 5.78. The monoisotopic (exact) mass is 373 g/mol. The number of rotatable bonds is 8. The molecule has 2 aromatic carbocycles. The quantitative estimate of drug-likeness (QED) is 0.508. The van der Waals surface area contributed by atoms with E-state index in [2.05, 4.69) is 37.6 Å². The molecule has 0 aliphatic carbocycles. The zero-order chi connectivity index (χ0) is 19.2. The van der Waals surface area contributed by atoms with Crippen molar-refractivity contribution in [3.05, 3.63) is 59.2 Å². The Labute approximate surface area is 160 Å². The number of nitrogens with one attached hydrogen (secondary N) is 1. The maximum absolute atomic E-state index is 11.3. The molecule has 0 aliphatic heterocycles. The predicted octanol–water partition coefficient (Wildman–Crippen LogP) is 4.92. The second kappa shape index (κ2) is 9.10. The Morgan fingerprint density at radius 1 is 1.15 bits per heavy atom. The van der Waals surface area contributed by atoms with Gasteiger partial charge in [-0.05, 0) is 59.2 Å². The number of hydrogen-bond acceptors (Lipinski definition) is 4. The van der Waals surface area contributed by atoms with Gasteiger partial charge in [0.05, 0.1) is 5.56 Å². The molecule has 5 heteroatoms. The minimum absolute atomic E-state index is 0.138. The van der Waals surface area contributed by atoms with E-state index in [0.29, 0.717) is 25.1 Å². The van der Waals surface area contributed by atoms with Gasteiger partial charge in [0.25, 0.3) is 0 Å². The molecule has 0 aromatic heterocycles. The zero-order valence-electron chi connectivity index (χ0n) is 15.8. The van der Waals surface area contributed by atoms with Crippen molar-refractivity contribution < 1.29 is 14.6 Å². The first-order chi connectivity index (χ1) is 12.3. The van der Waals surface area contributed by atoms with Gasteiger partial charge in [0.15, 0.2) is 0 Å². The summed E-state index contributed by atoms with van der Waals surface area (Å²) < 4.78 is 8.95. The van der Waals surface area contributed by atoms with E-state index < -0.39 is 5.97 Å². The van der Waals surface area contributed by atoms with Crippen LogP contribution in [0.1, 0.15) is 49.2 Å². The molecule has 0 heterocycles. The molecule has 2 rings (SSSR count). The Morgan fingerprint density at radius 3 is 2.42 bits per heavy atom. The Kier molecular flexibility index (Phi) is 7.12. The van der Waals surface area contributed by atoms with E-state index in [1.165, 1.54) is 17.5 Å². The van der Waals surface area contributed by atoms with Crippen LogP contribution in [0, 0.1) is 0 Å². The van der Waals surface area contributed by atoms with E-state index >= 15 is 0 Å². The first-order valence-electron chi connectivity index (χ1n) is 8.80. The largest absolute Gasteiger partial charge is 0.492 e. The minimum Gasteiger partial charge on any atom is -0.492 e. The first-order valence-corrected chi connectivity index (χ1v) is 9.62. The molecule has 0 atom stereocenters. The van der Waals surface area contributed by atoms with Crippen LogP contribution in [-0.2, 0) is 11.8 Å². The summed E-state index contributed by atoms with van der Waals surface area (Å²) in [5.74, 6) is -0.0309. The molecule has 0 amide bonds. The van der Waals surface area contributed by atoms with Crippen molar-refractivity contribution >= 4 is 17.9 Å². The van der Waals surface area contributed by atoms with Gasteiger partial charge in [0.1, 0.15) is 12.4 Å². The van der Waals surface area contributed by atoms with Gasteiger partial charge < -0.3 is 9.84 Å². The van der Waals surface area contributed by atoms with E-state index in [4.69, 9.17) is 4.74 Å². The van der Waals surface area contributed by atoms with Crippen LogP contribution in [0.2, 0.25) is 0 Å². The van der Waals surface area contributed by atoms with Crippen LogP contribution in [0.4, 0.5) is 0 Å². The summed E-state index contributed by atoms with van der Waals surface area (Å²) in [5, 5.41) is 9.28. The molecule has 2 N–H and O–H groups in total. The lowest BCUT2D eigenvalue weighted by atomic mass is 9.87. The molecule has 140 valence electrons. The highest BCUT2D eigenvalue weighted by Gasteiger charge is 2.13. The van der Waals surface area contributed by atoms with E-state index in [-0.39, 0.29) is 5.41 Å². The standard InChI is InChI=1S/C21H27NO3S/c1-5-15-6-11-18(14-19(15)20(23)24)26-22-12-13-25-17-9-7-16(8-10-17)21(2,3)4/h6-11,14,22H,5,12-13H2,1-4H3,(H,23,24). The van der Waals surface area contributed by atoms with Crippen LogP contribution in [-0.4, -0.2) is 24.2 Å². The van der Waals surface area contributed by atoms with E-state index in [1.807, 2.05) is 31.2 Å². The van der Waals surface area contributed by atoms with Gasteiger partial charge in [0, 0.05) is 11.4 Å². The van der Waals surface area contributed by atoms with Gasteiger partial charge in [-0.15, -0.1) is 0 Å². The number of carbonyl (C=O) groups is 1. The van der Waals surface area contributed by atoms with Gasteiger partial charge in [-0.3, -0.25) is 4.72 Å². The van der Waals surface area contributed by atoms with Gasteiger partial charge >= 0.3 is 5.97 Å². The summed E-state index contributed by atoms with van der Waals surface area (Å²) in [6.45, 7) is 9.72. The highest BCUT2D eigenvalue weighted by Crippen LogP contribution is 2.24. The van der Waals surface area contributed by atoms with Crippen LogP contribution in [0.5, 0.6) is 5.75 Å². The molecule has 4 nitrogen and oxygen atoms in total. The predicted molar refractivity (Wildman–Crippen MR) is 107 cm³/mol. The molecule has 2 aromatic rings. The lowest BCUT2D eigenvalue weighted by Gasteiger charge is -2.19. The normalized spacial score (nSPS) is 11.4. The van der Waals surface area contributed by atoms with Crippen LogP contribution >= 0.6 is 11.9 Å². The third-order valence-electron chi connectivity index (χ3n) is 4.08. The number of carboxylic acid groups (broad SMARTS) is 1. The number of carboxylic acids is 1. The summed E-state index contributed by atoms with van der Waals surface area (Å²) in [4.78, 5) is 12.2. The Morgan fingerprint density at radius 2 is 1.85 bits per heavy atom. The van der Waals surface area contributed by atoms with Gasteiger partial charge in [-0.25, -0.2) is 4.79 Å². The van der Waals surface area contributed by atoms with E-state index in [9.17, 15) is 9.90 Å². The van der Waals surface area contributed by atoms with Gasteiger partial charge in [-0.1, -0.05) is 45.9 Å². The lowest BCUT2D eigenvalue weighted by Crippen LogP contribution is -2.15.